The normalized spacial score (nSPS) is 13.0. The third-order valence-corrected chi connectivity index (χ3v) is 4.67. The van der Waals surface area contributed by atoms with Crippen LogP contribution in [0.15, 0.2) is 29.2 Å². The van der Waals surface area contributed by atoms with Crippen molar-refractivity contribution in [3.8, 4) is 5.75 Å². The second-order valence-corrected chi connectivity index (χ2v) is 7.60. The molecule has 0 aliphatic rings. The van der Waals surface area contributed by atoms with E-state index < -0.39 is 21.9 Å². The zero-order valence-corrected chi connectivity index (χ0v) is 14.6. The number of carboxylic acid groups (broad SMARTS) is 1. The summed E-state index contributed by atoms with van der Waals surface area (Å²) in [7, 11) is -3.73. The van der Waals surface area contributed by atoms with Gasteiger partial charge in [-0.15, -0.1) is 0 Å². The minimum atomic E-state index is -3.73. The molecule has 0 amide bonds. The standard InChI is InChI=1S/C16H25NO5S/c1-4-9-22-14-5-7-15(8-6-14)23(20,21)17-11-13(16(18)19)10-12(2)3/h5-8,12-13,17H,4,9-11H2,1-3H3,(H,18,19). The molecule has 0 aliphatic heterocycles. The molecule has 1 aromatic carbocycles. The van der Waals surface area contributed by atoms with Crippen molar-refractivity contribution in [1.82, 2.24) is 4.72 Å². The Hall–Kier alpha value is -1.60. The highest BCUT2D eigenvalue weighted by Crippen LogP contribution is 2.17. The van der Waals surface area contributed by atoms with Gasteiger partial charge in [0.2, 0.25) is 10.0 Å². The van der Waals surface area contributed by atoms with Crippen molar-refractivity contribution in [1.29, 1.82) is 0 Å². The van der Waals surface area contributed by atoms with Gasteiger partial charge in [0.25, 0.3) is 0 Å². The van der Waals surface area contributed by atoms with E-state index in [1.165, 1.54) is 12.1 Å². The fourth-order valence-corrected chi connectivity index (χ4v) is 3.15. The second-order valence-electron chi connectivity index (χ2n) is 5.84. The zero-order chi connectivity index (χ0) is 17.5. The Bertz CT molecular complexity index is 595. The number of carboxylic acids is 1. The summed E-state index contributed by atoms with van der Waals surface area (Å²) in [6, 6.07) is 6.08. The van der Waals surface area contributed by atoms with Gasteiger partial charge >= 0.3 is 5.97 Å². The van der Waals surface area contributed by atoms with Gasteiger partial charge in [-0.3, -0.25) is 4.79 Å². The van der Waals surface area contributed by atoms with Crippen LogP contribution in [0.1, 0.15) is 33.6 Å². The molecule has 0 radical (unpaired) electrons. The molecule has 7 heteroatoms. The number of aliphatic carboxylic acids is 1. The molecule has 2 N–H and O–H groups in total. The summed E-state index contributed by atoms with van der Waals surface area (Å²) in [6.07, 6.45) is 1.29. The molecule has 0 saturated heterocycles. The monoisotopic (exact) mass is 343 g/mol. The van der Waals surface area contributed by atoms with E-state index in [2.05, 4.69) is 4.72 Å². The molecule has 0 fully saturated rings. The third-order valence-electron chi connectivity index (χ3n) is 3.23. The molecule has 0 aromatic heterocycles. The summed E-state index contributed by atoms with van der Waals surface area (Å²) >= 11 is 0. The second kappa shape index (κ2) is 8.88. The van der Waals surface area contributed by atoms with E-state index in [1.54, 1.807) is 12.1 Å². The maximum atomic E-state index is 12.2. The van der Waals surface area contributed by atoms with E-state index in [4.69, 9.17) is 9.84 Å². The van der Waals surface area contributed by atoms with Gasteiger partial charge in [-0.2, -0.15) is 0 Å². The maximum absolute atomic E-state index is 12.2. The number of hydrogen-bond donors (Lipinski definition) is 2. The predicted molar refractivity (Wildman–Crippen MR) is 88.0 cm³/mol. The molecule has 130 valence electrons. The Morgan fingerprint density at radius 2 is 1.87 bits per heavy atom. The molecule has 0 aliphatic carbocycles. The lowest BCUT2D eigenvalue weighted by atomic mass is 9.98. The number of benzene rings is 1. The highest BCUT2D eigenvalue weighted by molar-refractivity contribution is 7.89. The van der Waals surface area contributed by atoms with Crippen LogP contribution in [-0.2, 0) is 14.8 Å². The number of carbonyl (C=O) groups is 1. The zero-order valence-electron chi connectivity index (χ0n) is 13.8. The summed E-state index contributed by atoms with van der Waals surface area (Å²) in [4.78, 5) is 11.3. The minimum absolute atomic E-state index is 0.0926. The first-order valence-corrected chi connectivity index (χ1v) is 9.20. The first kappa shape index (κ1) is 19.4. The Morgan fingerprint density at radius 1 is 1.26 bits per heavy atom. The molecular weight excluding hydrogens is 318 g/mol. The molecule has 0 heterocycles. The van der Waals surface area contributed by atoms with Crippen LogP contribution in [0, 0.1) is 11.8 Å². The van der Waals surface area contributed by atoms with Gasteiger partial charge in [-0.05, 0) is 43.0 Å². The minimum Gasteiger partial charge on any atom is -0.494 e. The van der Waals surface area contributed by atoms with E-state index in [1.807, 2.05) is 20.8 Å². The van der Waals surface area contributed by atoms with Gasteiger partial charge in [0.15, 0.2) is 0 Å². The van der Waals surface area contributed by atoms with Gasteiger partial charge in [0.1, 0.15) is 5.75 Å². The molecule has 0 saturated carbocycles. The number of sulfonamides is 1. The average Bonchev–Trinajstić information content (AvgIpc) is 2.49. The van der Waals surface area contributed by atoms with Crippen LogP contribution in [0.3, 0.4) is 0 Å². The van der Waals surface area contributed by atoms with Gasteiger partial charge in [-0.1, -0.05) is 20.8 Å². The van der Waals surface area contributed by atoms with Gasteiger partial charge in [-0.25, -0.2) is 13.1 Å². The van der Waals surface area contributed by atoms with Crippen molar-refractivity contribution in [3.63, 3.8) is 0 Å². The van der Waals surface area contributed by atoms with Crippen LogP contribution >= 0.6 is 0 Å². The molecule has 1 aromatic rings. The van der Waals surface area contributed by atoms with Crippen LogP contribution in [0.5, 0.6) is 5.75 Å². The Balaban J connectivity index is 2.72. The van der Waals surface area contributed by atoms with Gasteiger partial charge < -0.3 is 9.84 Å². The SMILES string of the molecule is CCCOc1ccc(S(=O)(=O)NCC(CC(C)C)C(=O)O)cc1. The quantitative estimate of drug-likeness (QED) is 0.681. The van der Waals surface area contributed by atoms with E-state index >= 15 is 0 Å². The Morgan fingerprint density at radius 3 is 2.35 bits per heavy atom. The van der Waals surface area contributed by atoms with Crippen molar-refractivity contribution < 1.29 is 23.1 Å². The van der Waals surface area contributed by atoms with Crippen LogP contribution in [-0.4, -0.2) is 32.6 Å². The lowest BCUT2D eigenvalue weighted by molar-refractivity contribution is -0.142. The summed E-state index contributed by atoms with van der Waals surface area (Å²) in [6.45, 7) is 6.24. The molecule has 23 heavy (non-hydrogen) atoms. The van der Waals surface area contributed by atoms with E-state index in [-0.39, 0.29) is 17.4 Å². The smallest absolute Gasteiger partial charge is 0.307 e. The number of rotatable bonds is 10. The van der Waals surface area contributed by atoms with Crippen LogP contribution in [0.2, 0.25) is 0 Å². The van der Waals surface area contributed by atoms with Gasteiger partial charge in [0, 0.05) is 6.54 Å². The fourth-order valence-electron chi connectivity index (χ4n) is 2.07. The van der Waals surface area contributed by atoms with Crippen LogP contribution in [0.4, 0.5) is 0 Å². The summed E-state index contributed by atoms with van der Waals surface area (Å²) in [5, 5.41) is 9.16. The third kappa shape index (κ3) is 6.58. The summed E-state index contributed by atoms with van der Waals surface area (Å²) in [5.41, 5.74) is 0. The molecule has 1 unspecified atom stereocenters. The van der Waals surface area contributed by atoms with Crippen molar-refractivity contribution in [3.05, 3.63) is 24.3 Å². The number of nitrogens with one attached hydrogen (secondary N) is 1. The van der Waals surface area contributed by atoms with E-state index in [0.29, 0.717) is 18.8 Å². The summed E-state index contributed by atoms with van der Waals surface area (Å²) < 4.78 is 32.2. The lowest BCUT2D eigenvalue weighted by Crippen LogP contribution is -2.33. The molecule has 1 atom stereocenters. The largest absolute Gasteiger partial charge is 0.494 e. The highest BCUT2D eigenvalue weighted by atomic mass is 32.2. The molecular formula is C16H25NO5S. The van der Waals surface area contributed by atoms with Crippen molar-refractivity contribution >= 4 is 16.0 Å². The first-order chi connectivity index (χ1) is 10.8. The first-order valence-electron chi connectivity index (χ1n) is 7.71. The maximum Gasteiger partial charge on any atom is 0.307 e. The molecule has 0 spiro atoms. The van der Waals surface area contributed by atoms with Crippen molar-refractivity contribution in [2.75, 3.05) is 13.2 Å². The van der Waals surface area contributed by atoms with Gasteiger partial charge in [0.05, 0.1) is 17.4 Å². The van der Waals surface area contributed by atoms with E-state index in [9.17, 15) is 13.2 Å². The lowest BCUT2D eigenvalue weighted by Gasteiger charge is -2.15. The Labute approximate surface area is 137 Å². The Kier molecular flexibility index (Phi) is 7.51. The number of ether oxygens (including phenoxy) is 1. The number of hydrogen-bond acceptors (Lipinski definition) is 4. The topological polar surface area (TPSA) is 92.7 Å². The fraction of sp³-hybridized carbons (Fsp3) is 0.562. The van der Waals surface area contributed by atoms with E-state index in [0.717, 1.165) is 6.42 Å². The highest BCUT2D eigenvalue weighted by Gasteiger charge is 2.22. The molecule has 1 rings (SSSR count). The predicted octanol–water partition coefficient (Wildman–Crippen LogP) is 2.50. The van der Waals surface area contributed by atoms with Crippen LogP contribution in [0.25, 0.3) is 0 Å². The molecule has 0 bridgehead atoms. The average molecular weight is 343 g/mol. The van der Waals surface area contributed by atoms with Crippen molar-refractivity contribution in [2.24, 2.45) is 11.8 Å². The van der Waals surface area contributed by atoms with Crippen LogP contribution < -0.4 is 9.46 Å². The van der Waals surface area contributed by atoms with Crippen molar-refractivity contribution in [2.45, 2.75) is 38.5 Å². The molecule has 6 nitrogen and oxygen atoms in total. The summed E-state index contributed by atoms with van der Waals surface area (Å²) in [5.74, 6) is -0.953.